The van der Waals surface area contributed by atoms with Crippen LogP contribution in [0.5, 0.6) is 0 Å². The molecule has 0 aromatic carbocycles. The molecule has 0 fully saturated rings. The first kappa shape index (κ1) is 13.4. The lowest BCUT2D eigenvalue weighted by Gasteiger charge is -1.89. The second-order valence-electron chi connectivity index (χ2n) is 2.74. The Hall–Kier alpha value is -1.67. The first-order valence-electron chi connectivity index (χ1n) is 4.49. The van der Waals surface area contributed by atoms with Crippen molar-refractivity contribution in [3.8, 4) is 0 Å². The summed E-state index contributed by atoms with van der Waals surface area (Å²) in [7, 11) is 0. The molecule has 2 aromatic heterocycles. The third-order valence-electron chi connectivity index (χ3n) is 1.53. The van der Waals surface area contributed by atoms with Crippen LogP contribution >= 0.6 is 24.0 Å². The average Bonchev–Trinajstić information content (AvgIpc) is 2.29. The molecule has 0 spiro atoms. The van der Waals surface area contributed by atoms with Crippen molar-refractivity contribution in [3.05, 3.63) is 50.0 Å². The number of rotatable bonds is 1. The smallest absolute Gasteiger partial charge is 0.251 e. The normalized spacial score (nSPS) is 9.24. The Kier molecular flexibility index (Phi) is 5.37. The van der Waals surface area contributed by atoms with Crippen LogP contribution in [0.25, 0.3) is 0 Å². The standard InChI is InChI=1S/C5H6N2OS.C4H4N2OS/c1-9-5-6-3-2-4(8)7-5;7-3-1-2-5-4(8)6-3/h2-3H,1H3,(H,6,7,8);1-2H,(H2,5,6,7,8). The van der Waals surface area contributed by atoms with E-state index in [2.05, 4.69) is 32.2 Å². The number of H-pyrrole nitrogens is 3. The number of nitrogens with one attached hydrogen (secondary N) is 3. The number of hydrogen-bond acceptors (Lipinski definition) is 5. The molecule has 6 nitrogen and oxygen atoms in total. The van der Waals surface area contributed by atoms with Crippen molar-refractivity contribution in [1.29, 1.82) is 0 Å². The van der Waals surface area contributed by atoms with Gasteiger partial charge < -0.3 is 9.97 Å². The monoisotopic (exact) mass is 270 g/mol. The third-order valence-corrected chi connectivity index (χ3v) is 2.34. The summed E-state index contributed by atoms with van der Waals surface area (Å²) < 4.78 is 0.359. The summed E-state index contributed by atoms with van der Waals surface area (Å²) in [5.41, 5.74) is -0.275. The fourth-order valence-electron chi connectivity index (χ4n) is 0.838. The van der Waals surface area contributed by atoms with E-state index in [-0.39, 0.29) is 11.1 Å². The van der Waals surface area contributed by atoms with Gasteiger partial charge in [-0.25, -0.2) is 4.98 Å². The van der Waals surface area contributed by atoms with Crippen molar-refractivity contribution < 1.29 is 0 Å². The Labute approximate surface area is 106 Å². The molecule has 8 heteroatoms. The number of aromatic amines is 3. The van der Waals surface area contributed by atoms with Crippen LogP contribution in [-0.4, -0.2) is 26.2 Å². The SMILES string of the molecule is CSc1nccc(=O)[nH]1.O=c1cc[nH]c(=S)[nH]1. The van der Waals surface area contributed by atoms with Crippen LogP contribution in [0.1, 0.15) is 0 Å². The highest BCUT2D eigenvalue weighted by atomic mass is 32.2. The Bertz CT molecular complexity index is 606. The van der Waals surface area contributed by atoms with Crippen molar-refractivity contribution in [2.24, 2.45) is 0 Å². The molecule has 2 rings (SSSR count). The van der Waals surface area contributed by atoms with Crippen molar-refractivity contribution in [3.63, 3.8) is 0 Å². The van der Waals surface area contributed by atoms with E-state index in [0.717, 1.165) is 0 Å². The van der Waals surface area contributed by atoms with Gasteiger partial charge in [-0.15, -0.1) is 0 Å². The Morgan fingerprint density at radius 2 is 1.94 bits per heavy atom. The van der Waals surface area contributed by atoms with Crippen LogP contribution in [0.2, 0.25) is 0 Å². The van der Waals surface area contributed by atoms with E-state index >= 15 is 0 Å². The molecule has 0 saturated carbocycles. The van der Waals surface area contributed by atoms with Gasteiger partial charge in [0.2, 0.25) is 0 Å². The molecule has 0 amide bonds. The third kappa shape index (κ3) is 5.27. The molecule has 0 saturated heterocycles. The summed E-state index contributed by atoms with van der Waals surface area (Å²) in [5, 5.41) is 0.655. The van der Waals surface area contributed by atoms with Crippen LogP contribution in [0.4, 0.5) is 0 Å². The lowest BCUT2D eigenvalue weighted by atomic mass is 10.7. The van der Waals surface area contributed by atoms with E-state index in [4.69, 9.17) is 0 Å². The van der Waals surface area contributed by atoms with Crippen molar-refractivity contribution in [1.82, 2.24) is 19.9 Å². The molecule has 17 heavy (non-hydrogen) atoms. The highest BCUT2D eigenvalue weighted by Gasteiger charge is 1.87. The van der Waals surface area contributed by atoms with E-state index in [1.807, 2.05) is 6.26 Å². The lowest BCUT2D eigenvalue weighted by Crippen LogP contribution is -2.04. The maximum atomic E-state index is 10.5. The minimum atomic E-state index is -0.172. The van der Waals surface area contributed by atoms with Gasteiger partial charge in [-0.2, -0.15) is 0 Å². The Balaban J connectivity index is 0.000000171. The summed E-state index contributed by atoms with van der Waals surface area (Å²) >= 11 is 6.00. The van der Waals surface area contributed by atoms with Gasteiger partial charge in [-0.05, 0) is 18.5 Å². The number of nitrogens with zero attached hydrogens (tertiary/aromatic N) is 1. The largest absolute Gasteiger partial charge is 0.339 e. The van der Waals surface area contributed by atoms with Crippen LogP contribution in [0, 0.1) is 4.77 Å². The molecule has 0 bridgehead atoms. The lowest BCUT2D eigenvalue weighted by molar-refractivity contribution is 0.940. The molecule has 0 unspecified atom stereocenters. The minimum Gasteiger partial charge on any atom is -0.339 e. The summed E-state index contributed by atoms with van der Waals surface area (Å²) in [6.45, 7) is 0. The number of hydrogen-bond donors (Lipinski definition) is 3. The van der Waals surface area contributed by atoms with Crippen LogP contribution in [0.15, 0.2) is 39.3 Å². The summed E-state index contributed by atoms with van der Waals surface area (Å²) in [6, 6.07) is 2.76. The second-order valence-corrected chi connectivity index (χ2v) is 3.94. The molecule has 2 aromatic rings. The van der Waals surface area contributed by atoms with E-state index in [9.17, 15) is 9.59 Å². The molecular weight excluding hydrogens is 260 g/mol. The van der Waals surface area contributed by atoms with Crippen molar-refractivity contribution in [2.45, 2.75) is 5.16 Å². The Morgan fingerprint density at radius 1 is 1.24 bits per heavy atom. The molecule has 0 aliphatic heterocycles. The maximum absolute atomic E-state index is 10.5. The average molecular weight is 270 g/mol. The molecule has 0 aliphatic rings. The first-order chi connectivity index (χ1) is 8.11. The van der Waals surface area contributed by atoms with Gasteiger partial charge in [0.15, 0.2) is 9.93 Å². The predicted molar refractivity (Wildman–Crippen MR) is 68.9 cm³/mol. The second kappa shape index (κ2) is 6.81. The fraction of sp³-hybridized carbons (Fsp3) is 0.111. The fourth-order valence-corrected chi connectivity index (χ4v) is 1.38. The van der Waals surface area contributed by atoms with Crippen LogP contribution in [-0.2, 0) is 0 Å². The van der Waals surface area contributed by atoms with Gasteiger partial charge in [-0.3, -0.25) is 14.6 Å². The van der Waals surface area contributed by atoms with Gasteiger partial charge >= 0.3 is 0 Å². The molecular formula is C9H10N4O2S2. The van der Waals surface area contributed by atoms with Gasteiger partial charge in [-0.1, -0.05) is 11.8 Å². The van der Waals surface area contributed by atoms with E-state index < -0.39 is 0 Å². The van der Waals surface area contributed by atoms with Crippen molar-refractivity contribution >= 4 is 24.0 Å². The van der Waals surface area contributed by atoms with E-state index in [0.29, 0.717) is 9.93 Å². The molecule has 90 valence electrons. The van der Waals surface area contributed by atoms with E-state index in [1.165, 1.54) is 36.3 Å². The molecule has 0 aliphatic carbocycles. The van der Waals surface area contributed by atoms with Gasteiger partial charge in [0, 0.05) is 24.5 Å². The summed E-state index contributed by atoms with van der Waals surface area (Å²) in [6.07, 6.45) is 4.85. The quantitative estimate of drug-likeness (QED) is 0.407. The van der Waals surface area contributed by atoms with Gasteiger partial charge in [0.25, 0.3) is 11.1 Å². The highest BCUT2D eigenvalue weighted by Crippen LogP contribution is 2.01. The topological polar surface area (TPSA) is 94.4 Å². The molecule has 0 radical (unpaired) electrons. The van der Waals surface area contributed by atoms with Gasteiger partial charge in [0.1, 0.15) is 0 Å². The zero-order valence-corrected chi connectivity index (χ0v) is 10.5. The number of aromatic nitrogens is 4. The summed E-state index contributed by atoms with van der Waals surface area (Å²) in [4.78, 5) is 32.3. The van der Waals surface area contributed by atoms with E-state index in [1.54, 1.807) is 0 Å². The maximum Gasteiger partial charge on any atom is 0.251 e. The molecule has 2 heterocycles. The van der Waals surface area contributed by atoms with Crippen LogP contribution in [0.3, 0.4) is 0 Å². The van der Waals surface area contributed by atoms with Gasteiger partial charge in [0.05, 0.1) is 0 Å². The Morgan fingerprint density at radius 3 is 2.35 bits per heavy atom. The number of thioether (sulfide) groups is 1. The molecule has 0 atom stereocenters. The summed E-state index contributed by atoms with van der Waals surface area (Å²) in [5.74, 6) is 0. The molecule has 3 N–H and O–H groups in total. The zero-order chi connectivity index (χ0) is 12.7. The van der Waals surface area contributed by atoms with Crippen LogP contribution < -0.4 is 11.1 Å². The zero-order valence-electron chi connectivity index (χ0n) is 8.89. The van der Waals surface area contributed by atoms with Crippen molar-refractivity contribution in [2.75, 3.05) is 6.26 Å². The minimum absolute atomic E-state index is 0.102. The first-order valence-corrected chi connectivity index (χ1v) is 6.12. The predicted octanol–water partition coefficient (Wildman–Crippen LogP) is 0.924. The highest BCUT2D eigenvalue weighted by molar-refractivity contribution is 7.98.